The van der Waals surface area contributed by atoms with Gasteiger partial charge in [-0.25, -0.2) is 8.42 Å². The summed E-state index contributed by atoms with van der Waals surface area (Å²) < 4.78 is 24.0. The minimum Gasteiger partial charge on any atom is -0.381 e. The molecule has 0 bridgehead atoms. The molecular formula is C16H24ClNO2S. The van der Waals surface area contributed by atoms with Gasteiger partial charge in [0.05, 0.1) is 16.0 Å². The van der Waals surface area contributed by atoms with E-state index in [9.17, 15) is 8.42 Å². The van der Waals surface area contributed by atoms with E-state index in [4.69, 9.17) is 11.6 Å². The Balaban J connectivity index is 2.05. The highest BCUT2D eigenvalue weighted by Crippen LogP contribution is 2.26. The largest absolute Gasteiger partial charge is 0.381 e. The smallest absolute Gasteiger partial charge is 0.178 e. The van der Waals surface area contributed by atoms with Gasteiger partial charge >= 0.3 is 0 Å². The highest BCUT2D eigenvalue weighted by molar-refractivity contribution is 7.91. The lowest BCUT2D eigenvalue weighted by Gasteiger charge is -2.22. The van der Waals surface area contributed by atoms with Gasteiger partial charge in [-0.1, -0.05) is 26.2 Å². The van der Waals surface area contributed by atoms with Crippen molar-refractivity contribution in [2.24, 2.45) is 0 Å². The first-order valence-electron chi connectivity index (χ1n) is 7.76. The first kappa shape index (κ1) is 16.6. The summed E-state index contributed by atoms with van der Waals surface area (Å²) in [6, 6.07) is 7.33. The second-order valence-electron chi connectivity index (χ2n) is 5.75. The van der Waals surface area contributed by atoms with Crippen LogP contribution < -0.4 is 5.32 Å². The van der Waals surface area contributed by atoms with Crippen molar-refractivity contribution in [2.75, 3.05) is 11.1 Å². The van der Waals surface area contributed by atoms with Gasteiger partial charge in [0.25, 0.3) is 0 Å². The number of rotatable bonds is 5. The van der Waals surface area contributed by atoms with E-state index in [2.05, 4.69) is 5.32 Å². The minimum atomic E-state index is -3.13. The Labute approximate surface area is 133 Å². The number of hydrogen-bond acceptors (Lipinski definition) is 3. The summed E-state index contributed by atoms with van der Waals surface area (Å²) in [5.41, 5.74) is 0.947. The van der Waals surface area contributed by atoms with Gasteiger partial charge in [0.2, 0.25) is 0 Å². The normalized spacial score (nSPS) is 23.5. The number of sulfone groups is 1. The average molecular weight is 330 g/mol. The maximum Gasteiger partial charge on any atom is 0.178 e. The fourth-order valence-corrected chi connectivity index (χ4v) is 4.45. The Morgan fingerprint density at radius 1 is 1.14 bits per heavy atom. The molecule has 1 aliphatic carbocycles. The summed E-state index contributed by atoms with van der Waals surface area (Å²) in [6.07, 6.45) is 6.39. The number of anilines is 1. The molecule has 1 fully saturated rings. The Morgan fingerprint density at radius 2 is 1.81 bits per heavy atom. The van der Waals surface area contributed by atoms with Crippen LogP contribution in [0.4, 0.5) is 5.69 Å². The zero-order chi connectivity index (χ0) is 15.3. The molecule has 0 saturated heterocycles. The van der Waals surface area contributed by atoms with E-state index in [1.807, 2.05) is 19.1 Å². The van der Waals surface area contributed by atoms with Crippen molar-refractivity contribution < 1.29 is 8.42 Å². The molecule has 5 heteroatoms. The molecule has 118 valence electrons. The molecule has 0 aromatic heterocycles. The highest BCUT2D eigenvalue weighted by atomic mass is 35.5. The molecule has 0 aliphatic heterocycles. The van der Waals surface area contributed by atoms with Crippen molar-refractivity contribution in [3.63, 3.8) is 0 Å². The maximum atomic E-state index is 12.0. The second-order valence-corrected chi connectivity index (χ2v) is 8.42. The topological polar surface area (TPSA) is 46.2 Å². The molecule has 1 aromatic rings. The van der Waals surface area contributed by atoms with E-state index >= 15 is 0 Å². The summed E-state index contributed by atoms with van der Waals surface area (Å²) >= 11 is 6.42. The lowest BCUT2D eigenvalue weighted by Crippen LogP contribution is -2.28. The molecule has 0 spiro atoms. The number of halogens is 1. The Bertz CT molecular complexity index is 542. The van der Waals surface area contributed by atoms with Crippen molar-refractivity contribution in [3.8, 4) is 0 Å². The Morgan fingerprint density at radius 3 is 2.48 bits per heavy atom. The summed E-state index contributed by atoms with van der Waals surface area (Å²) in [4.78, 5) is 0.401. The minimum absolute atomic E-state index is 0.149. The van der Waals surface area contributed by atoms with Crippen molar-refractivity contribution >= 4 is 27.1 Å². The number of hydrogen-bond donors (Lipinski definition) is 1. The lowest BCUT2D eigenvalue weighted by molar-refractivity contribution is 0.594. The average Bonchev–Trinajstić information content (AvgIpc) is 2.65. The molecule has 1 aromatic carbocycles. The lowest BCUT2D eigenvalue weighted by atomic mass is 10.1. The predicted molar refractivity (Wildman–Crippen MR) is 88.9 cm³/mol. The quantitative estimate of drug-likeness (QED) is 0.649. The van der Waals surface area contributed by atoms with Crippen LogP contribution in [0.5, 0.6) is 0 Å². The summed E-state index contributed by atoms with van der Waals surface area (Å²) in [7, 11) is -3.13. The van der Waals surface area contributed by atoms with Crippen LogP contribution >= 0.6 is 11.6 Å². The fourth-order valence-electron chi connectivity index (χ4n) is 2.78. The third-order valence-corrected chi connectivity index (χ3v) is 6.43. The molecule has 1 aliphatic rings. The zero-order valence-corrected chi connectivity index (χ0v) is 14.1. The van der Waals surface area contributed by atoms with E-state index in [0.29, 0.717) is 11.3 Å². The van der Waals surface area contributed by atoms with Crippen molar-refractivity contribution in [1.29, 1.82) is 0 Å². The first-order chi connectivity index (χ1) is 10.0. The van der Waals surface area contributed by atoms with Crippen LogP contribution in [0, 0.1) is 0 Å². The van der Waals surface area contributed by atoms with Crippen LogP contribution in [0.3, 0.4) is 0 Å². The number of alkyl halides is 1. The van der Waals surface area contributed by atoms with E-state index < -0.39 is 9.84 Å². The molecule has 2 atom stereocenters. The van der Waals surface area contributed by atoms with Gasteiger partial charge in [-0.3, -0.25) is 0 Å². The van der Waals surface area contributed by atoms with Crippen LogP contribution in [-0.2, 0) is 9.84 Å². The zero-order valence-electron chi connectivity index (χ0n) is 12.5. The van der Waals surface area contributed by atoms with Crippen molar-refractivity contribution in [1.82, 2.24) is 0 Å². The van der Waals surface area contributed by atoms with E-state index in [-0.39, 0.29) is 17.2 Å². The molecule has 2 unspecified atom stereocenters. The van der Waals surface area contributed by atoms with E-state index in [0.717, 1.165) is 18.5 Å². The van der Waals surface area contributed by atoms with Crippen LogP contribution in [0.25, 0.3) is 0 Å². The molecule has 0 amide bonds. The monoisotopic (exact) mass is 329 g/mol. The standard InChI is InChI=1S/C16H24ClNO2S/c1-2-12-21(19,20)14-10-8-13(9-11-14)18-16-7-5-3-4-6-15(16)17/h8-11,15-16,18H,2-7,12H2,1H3. The Kier molecular flexibility index (Phi) is 5.94. The maximum absolute atomic E-state index is 12.0. The third kappa shape index (κ3) is 4.62. The van der Waals surface area contributed by atoms with Gasteiger partial charge in [-0.2, -0.15) is 0 Å². The number of nitrogens with one attached hydrogen (secondary N) is 1. The van der Waals surface area contributed by atoms with Crippen LogP contribution in [0.2, 0.25) is 0 Å². The van der Waals surface area contributed by atoms with Gasteiger partial charge in [-0.15, -0.1) is 11.6 Å². The molecule has 3 nitrogen and oxygen atoms in total. The first-order valence-corrected chi connectivity index (χ1v) is 9.85. The third-order valence-electron chi connectivity index (χ3n) is 3.97. The summed E-state index contributed by atoms with van der Waals surface area (Å²) in [5, 5.41) is 3.60. The molecule has 0 radical (unpaired) electrons. The second kappa shape index (κ2) is 7.50. The van der Waals surface area contributed by atoms with Crippen molar-refractivity contribution in [2.45, 2.75) is 61.8 Å². The Hall–Kier alpha value is -0.740. The molecule has 2 rings (SSSR count). The summed E-state index contributed by atoms with van der Waals surface area (Å²) in [6.45, 7) is 1.88. The summed E-state index contributed by atoms with van der Waals surface area (Å²) in [5.74, 6) is 0.201. The molecular weight excluding hydrogens is 306 g/mol. The van der Waals surface area contributed by atoms with Gasteiger partial charge < -0.3 is 5.32 Å². The predicted octanol–water partition coefficient (Wildman–Crippen LogP) is 4.22. The molecule has 1 N–H and O–H groups in total. The van der Waals surface area contributed by atoms with E-state index in [1.165, 1.54) is 19.3 Å². The molecule has 1 saturated carbocycles. The molecule has 0 heterocycles. The van der Waals surface area contributed by atoms with Gasteiger partial charge in [0, 0.05) is 11.7 Å². The van der Waals surface area contributed by atoms with Crippen LogP contribution in [0.1, 0.15) is 45.4 Å². The van der Waals surface area contributed by atoms with Gasteiger partial charge in [0.1, 0.15) is 0 Å². The SMILES string of the molecule is CCCS(=O)(=O)c1ccc(NC2CCCCCC2Cl)cc1. The van der Waals surface area contributed by atoms with E-state index in [1.54, 1.807) is 12.1 Å². The number of benzene rings is 1. The highest BCUT2D eigenvalue weighted by Gasteiger charge is 2.21. The fraction of sp³-hybridized carbons (Fsp3) is 0.625. The van der Waals surface area contributed by atoms with Gasteiger partial charge in [0.15, 0.2) is 9.84 Å². The van der Waals surface area contributed by atoms with Crippen LogP contribution in [0.15, 0.2) is 29.2 Å². The van der Waals surface area contributed by atoms with Gasteiger partial charge in [-0.05, 0) is 43.5 Å². The van der Waals surface area contributed by atoms with Crippen molar-refractivity contribution in [3.05, 3.63) is 24.3 Å². The van der Waals surface area contributed by atoms with Crippen LogP contribution in [-0.4, -0.2) is 25.6 Å². The molecule has 21 heavy (non-hydrogen) atoms.